The topological polar surface area (TPSA) is 42.2 Å². The minimum Gasteiger partial charge on any atom is -0.325 e. The average molecular weight is 247 g/mol. The third-order valence-corrected chi connectivity index (χ3v) is 2.42. The van der Waals surface area contributed by atoms with Crippen LogP contribution in [0.25, 0.3) is 0 Å². The lowest BCUT2D eigenvalue weighted by atomic mass is 10.2. The second-order valence-electron chi connectivity index (χ2n) is 3.73. The van der Waals surface area contributed by atoms with Crippen LogP contribution in [-0.2, 0) is 13.1 Å². The number of hydrogen-bond donors (Lipinski definition) is 1. The zero-order valence-corrected chi connectivity index (χ0v) is 9.67. The predicted molar refractivity (Wildman–Crippen MR) is 59.1 cm³/mol. The van der Waals surface area contributed by atoms with Gasteiger partial charge in [0.25, 0.3) is 0 Å². The van der Waals surface area contributed by atoms with E-state index in [0.29, 0.717) is 12.2 Å². The molecule has 0 saturated heterocycles. The zero-order valence-electron chi connectivity index (χ0n) is 9.67. The normalized spacial score (nSPS) is 12.1. The number of rotatable bonds is 5. The van der Waals surface area contributed by atoms with Crippen molar-refractivity contribution < 1.29 is 13.2 Å². The van der Waals surface area contributed by atoms with Gasteiger partial charge < -0.3 is 5.73 Å². The molecule has 1 heterocycles. The van der Waals surface area contributed by atoms with Crippen molar-refractivity contribution in [3.05, 3.63) is 29.6 Å². The van der Waals surface area contributed by atoms with E-state index in [1.807, 2.05) is 0 Å². The fraction of sp³-hybridized carbons (Fsp3) is 0.545. The van der Waals surface area contributed by atoms with Gasteiger partial charge in [0.2, 0.25) is 0 Å². The summed E-state index contributed by atoms with van der Waals surface area (Å²) in [4.78, 5) is 5.36. The van der Waals surface area contributed by atoms with E-state index < -0.39 is 12.7 Å². The fourth-order valence-electron chi connectivity index (χ4n) is 1.57. The summed E-state index contributed by atoms with van der Waals surface area (Å²) in [5.74, 6) is 0. The van der Waals surface area contributed by atoms with E-state index in [-0.39, 0.29) is 13.1 Å². The number of nitrogens with zero attached hydrogens (tertiary/aromatic N) is 2. The molecule has 0 aliphatic rings. The maximum absolute atomic E-state index is 12.3. The monoisotopic (exact) mass is 247 g/mol. The number of alkyl halides is 3. The third-order valence-electron chi connectivity index (χ3n) is 2.42. The van der Waals surface area contributed by atoms with E-state index in [2.05, 4.69) is 4.98 Å². The molecule has 0 unspecified atom stereocenters. The minimum absolute atomic E-state index is 0.219. The Bertz CT molecular complexity index is 352. The minimum atomic E-state index is -4.18. The Kier molecular flexibility index (Phi) is 4.89. The Hall–Kier alpha value is -1.14. The van der Waals surface area contributed by atoms with Gasteiger partial charge in [0.05, 0.1) is 12.2 Å². The first-order valence-corrected chi connectivity index (χ1v) is 5.38. The smallest absolute Gasteiger partial charge is 0.325 e. The Labute approximate surface area is 98.4 Å². The van der Waals surface area contributed by atoms with Crippen molar-refractivity contribution in [3.8, 4) is 0 Å². The van der Waals surface area contributed by atoms with Crippen LogP contribution < -0.4 is 5.73 Å². The quantitative estimate of drug-likeness (QED) is 0.864. The lowest BCUT2D eigenvalue weighted by molar-refractivity contribution is -0.146. The summed E-state index contributed by atoms with van der Waals surface area (Å²) >= 11 is 0. The number of pyridine rings is 1. The Morgan fingerprint density at radius 2 is 2.12 bits per heavy atom. The van der Waals surface area contributed by atoms with Gasteiger partial charge in [-0.15, -0.1) is 0 Å². The van der Waals surface area contributed by atoms with Crippen LogP contribution in [0.2, 0.25) is 0 Å². The van der Waals surface area contributed by atoms with Crippen LogP contribution in [0.4, 0.5) is 13.2 Å². The van der Waals surface area contributed by atoms with Crippen LogP contribution in [0.15, 0.2) is 18.3 Å². The largest absolute Gasteiger partial charge is 0.401 e. The highest BCUT2D eigenvalue weighted by molar-refractivity contribution is 5.19. The lowest BCUT2D eigenvalue weighted by Gasteiger charge is -2.22. The molecular weight excluding hydrogens is 231 g/mol. The number of aromatic nitrogens is 1. The van der Waals surface area contributed by atoms with E-state index in [4.69, 9.17) is 5.73 Å². The van der Waals surface area contributed by atoms with Gasteiger partial charge in [0, 0.05) is 19.3 Å². The average Bonchev–Trinajstić information content (AvgIpc) is 2.27. The van der Waals surface area contributed by atoms with Crippen molar-refractivity contribution >= 4 is 0 Å². The maximum atomic E-state index is 12.3. The standard InChI is InChI=1S/C11H16F3N3/c1-2-17(8-11(12,13)14)7-9-4-3-5-16-10(9)6-15/h3-5H,2,6-8,15H2,1H3. The molecule has 0 aliphatic heterocycles. The molecule has 0 atom stereocenters. The summed E-state index contributed by atoms with van der Waals surface area (Å²) < 4.78 is 36.9. The van der Waals surface area contributed by atoms with Crippen LogP contribution in [0.5, 0.6) is 0 Å². The highest BCUT2D eigenvalue weighted by Gasteiger charge is 2.30. The molecule has 0 saturated carbocycles. The highest BCUT2D eigenvalue weighted by atomic mass is 19.4. The molecule has 1 aromatic rings. The molecule has 0 spiro atoms. The van der Waals surface area contributed by atoms with Gasteiger partial charge >= 0.3 is 6.18 Å². The molecule has 1 aromatic heterocycles. The summed E-state index contributed by atoms with van der Waals surface area (Å²) in [6.07, 6.45) is -2.59. The van der Waals surface area contributed by atoms with Gasteiger partial charge in [-0.3, -0.25) is 9.88 Å². The molecule has 0 radical (unpaired) electrons. The van der Waals surface area contributed by atoms with Gasteiger partial charge in [-0.1, -0.05) is 13.0 Å². The fourth-order valence-corrected chi connectivity index (χ4v) is 1.57. The first-order valence-electron chi connectivity index (χ1n) is 5.38. The molecule has 17 heavy (non-hydrogen) atoms. The second-order valence-corrected chi connectivity index (χ2v) is 3.73. The molecule has 2 N–H and O–H groups in total. The Balaban J connectivity index is 2.73. The van der Waals surface area contributed by atoms with Crippen molar-refractivity contribution in [1.29, 1.82) is 0 Å². The van der Waals surface area contributed by atoms with E-state index in [9.17, 15) is 13.2 Å². The Morgan fingerprint density at radius 1 is 1.41 bits per heavy atom. The zero-order chi connectivity index (χ0) is 12.9. The number of hydrogen-bond acceptors (Lipinski definition) is 3. The maximum Gasteiger partial charge on any atom is 0.401 e. The van der Waals surface area contributed by atoms with Gasteiger partial charge in [0.1, 0.15) is 0 Å². The molecule has 96 valence electrons. The van der Waals surface area contributed by atoms with Crippen molar-refractivity contribution in [2.75, 3.05) is 13.1 Å². The molecule has 3 nitrogen and oxygen atoms in total. The summed E-state index contributed by atoms with van der Waals surface area (Å²) in [5.41, 5.74) is 6.89. The van der Waals surface area contributed by atoms with Crippen LogP contribution in [0.3, 0.4) is 0 Å². The van der Waals surface area contributed by atoms with Gasteiger partial charge in [0.15, 0.2) is 0 Å². The van der Waals surface area contributed by atoms with Crippen LogP contribution in [0, 0.1) is 0 Å². The van der Waals surface area contributed by atoms with E-state index in [1.54, 1.807) is 25.3 Å². The first kappa shape index (κ1) is 13.9. The molecule has 0 fully saturated rings. The Morgan fingerprint density at radius 3 is 2.65 bits per heavy atom. The van der Waals surface area contributed by atoms with Crippen LogP contribution in [0.1, 0.15) is 18.2 Å². The summed E-state index contributed by atoms with van der Waals surface area (Å²) in [7, 11) is 0. The van der Waals surface area contributed by atoms with Crippen molar-refractivity contribution in [2.45, 2.75) is 26.2 Å². The van der Waals surface area contributed by atoms with Crippen molar-refractivity contribution in [3.63, 3.8) is 0 Å². The number of nitrogens with two attached hydrogens (primary N) is 1. The lowest BCUT2D eigenvalue weighted by Crippen LogP contribution is -2.34. The molecule has 1 rings (SSSR count). The summed E-state index contributed by atoms with van der Waals surface area (Å²) in [6.45, 7) is 1.57. The molecule has 0 aliphatic carbocycles. The molecule has 6 heteroatoms. The van der Waals surface area contributed by atoms with Crippen molar-refractivity contribution in [2.24, 2.45) is 5.73 Å². The predicted octanol–water partition coefficient (Wildman–Crippen LogP) is 1.92. The molecule has 0 aromatic carbocycles. The molecular formula is C11H16F3N3. The van der Waals surface area contributed by atoms with E-state index >= 15 is 0 Å². The van der Waals surface area contributed by atoms with Crippen LogP contribution >= 0.6 is 0 Å². The van der Waals surface area contributed by atoms with E-state index in [1.165, 1.54) is 4.90 Å². The first-order chi connectivity index (χ1) is 7.96. The van der Waals surface area contributed by atoms with Crippen LogP contribution in [-0.4, -0.2) is 29.1 Å². The summed E-state index contributed by atoms with van der Waals surface area (Å²) in [6, 6.07) is 3.46. The SMILES string of the molecule is CCN(Cc1cccnc1CN)CC(F)(F)F. The number of halogens is 3. The van der Waals surface area contributed by atoms with E-state index in [0.717, 1.165) is 5.56 Å². The molecule has 0 amide bonds. The van der Waals surface area contributed by atoms with Gasteiger partial charge in [-0.2, -0.15) is 13.2 Å². The highest BCUT2D eigenvalue weighted by Crippen LogP contribution is 2.18. The third kappa shape index (κ3) is 4.70. The van der Waals surface area contributed by atoms with Gasteiger partial charge in [-0.25, -0.2) is 0 Å². The summed E-state index contributed by atoms with van der Waals surface area (Å²) in [5, 5.41) is 0. The van der Waals surface area contributed by atoms with Crippen molar-refractivity contribution in [1.82, 2.24) is 9.88 Å². The molecule has 0 bridgehead atoms. The second kappa shape index (κ2) is 5.97. The van der Waals surface area contributed by atoms with Gasteiger partial charge in [-0.05, 0) is 18.2 Å².